The second kappa shape index (κ2) is 4.51. The number of rotatable bonds is 4. The van der Waals surface area contributed by atoms with E-state index in [-0.39, 0.29) is 11.3 Å². The quantitative estimate of drug-likeness (QED) is 0.629. The van der Waals surface area contributed by atoms with E-state index in [4.69, 9.17) is 10.5 Å². The van der Waals surface area contributed by atoms with Crippen LogP contribution in [-0.2, 0) is 4.74 Å². The first-order chi connectivity index (χ1) is 7.66. The van der Waals surface area contributed by atoms with E-state index < -0.39 is 11.8 Å². The first kappa shape index (κ1) is 10.9. The van der Waals surface area contributed by atoms with Crippen molar-refractivity contribution in [1.29, 1.82) is 0 Å². The van der Waals surface area contributed by atoms with Crippen LogP contribution in [0.1, 0.15) is 29.6 Å². The van der Waals surface area contributed by atoms with Crippen LogP contribution in [0.4, 0.5) is 10.1 Å². The average Bonchev–Trinajstić information content (AvgIpc) is 3.05. The van der Waals surface area contributed by atoms with Gasteiger partial charge in [0.05, 0.1) is 12.2 Å². The minimum atomic E-state index is -0.544. The summed E-state index contributed by atoms with van der Waals surface area (Å²) in [4.78, 5) is 11.6. The molecule has 1 aliphatic carbocycles. The molecule has 1 aromatic carbocycles. The molecule has 1 aromatic rings. The molecule has 0 spiro atoms. The third kappa shape index (κ3) is 2.72. The predicted octanol–water partition coefficient (Wildman–Crippen LogP) is 2.36. The Hall–Kier alpha value is -1.58. The standard InChI is InChI=1S/C12H14FNO2/c13-9-3-4-11(14)10(7-9)12(15)16-6-5-8-1-2-8/h3-4,7-8H,1-2,5-6,14H2. The summed E-state index contributed by atoms with van der Waals surface area (Å²) in [6, 6.07) is 3.69. The molecule has 3 nitrogen and oxygen atoms in total. The highest BCUT2D eigenvalue weighted by Gasteiger charge is 2.21. The van der Waals surface area contributed by atoms with Crippen LogP contribution in [0.15, 0.2) is 18.2 Å². The third-order valence-corrected chi connectivity index (χ3v) is 2.69. The molecule has 0 aromatic heterocycles. The van der Waals surface area contributed by atoms with Gasteiger partial charge in [-0.2, -0.15) is 0 Å². The van der Waals surface area contributed by atoms with E-state index in [1.165, 1.54) is 25.0 Å². The van der Waals surface area contributed by atoms with Gasteiger partial charge in [-0.15, -0.1) is 0 Å². The van der Waals surface area contributed by atoms with Crippen LogP contribution in [-0.4, -0.2) is 12.6 Å². The lowest BCUT2D eigenvalue weighted by Gasteiger charge is -2.06. The SMILES string of the molecule is Nc1ccc(F)cc1C(=O)OCCC1CC1. The lowest BCUT2D eigenvalue weighted by Crippen LogP contribution is -2.10. The van der Waals surface area contributed by atoms with Crippen LogP contribution in [0.2, 0.25) is 0 Å². The number of benzene rings is 1. The van der Waals surface area contributed by atoms with Crippen molar-refractivity contribution in [2.45, 2.75) is 19.3 Å². The van der Waals surface area contributed by atoms with E-state index in [0.29, 0.717) is 12.5 Å². The first-order valence-corrected chi connectivity index (χ1v) is 5.39. The monoisotopic (exact) mass is 223 g/mol. The molecule has 0 radical (unpaired) electrons. The van der Waals surface area contributed by atoms with Crippen molar-refractivity contribution in [3.63, 3.8) is 0 Å². The molecule has 2 rings (SSSR count). The average molecular weight is 223 g/mol. The van der Waals surface area contributed by atoms with Gasteiger partial charge in [0.1, 0.15) is 5.82 Å². The van der Waals surface area contributed by atoms with Gasteiger partial charge in [0.25, 0.3) is 0 Å². The van der Waals surface area contributed by atoms with Crippen LogP contribution in [0.25, 0.3) is 0 Å². The lowest BCUT2D eigenvalue weighted by atomic mass is 10.2. The summed E-state index contributed by atoms with van der Waals surface area (Å²) in [5.41, 5.74) is 5.92. The Labute approximate surface area is 93.4 Å². The van der Waals surface area contributed by atoms with Gasteiger partial charge in [-0.3, -0.25) is 0 Å². The van der Waals surface area contributed by atoms with Crippen molar-refractivity contribution in [2.75, 3.05) is 12.3 Å². The fraction of sp³-hybridized carbons (Fsp3) is 0.417. The minimum absolute atomic E-state index is 0.107. The number of ether oxygens (including phenoxy) is 1. The minimum Gasteiger partial charge on any atom is -0.462 e. The normalized spacial score (nSPS) is 14.8. The van der Waals surface area contributed by atoms with Crippen LogP contribution in [0.3, 0.4) is 0 Å². The second-order valence-corrected chi connectivity index (χ2v) is 4.10. The molecule has 0 saturated heterocycles. The van der Waals surface area contributed by atoms with Crippen molar-refractivity contribution in [2.24, 2.45) is 5.92 Å². The van der Waals surface area contributed by atoms with Crippen molar-refractivity contribution < 1.29 is 13.9 Å². The Balaban J connectivity index is 1.93. The van der Waals surface area contributed by atoms with Crippen LogP contribution < -0.4 is 5.73 Å². The molecule has 0 amide bonds. The topological polar surface area (TPSA) is 52.3 Å². The van der Waals surface area contributed by atoms with Gasteiger partial charge in [0.2, 0.25) is 0 Å². The molecule has 4 heteroatoms. The number of nitrogens with two attached hydrogens (primary N) is 1. The van der Waals surface area contributed by atoms with Crippen LogP contribution in [0.5, 0.6) is 0 Å². The van der Waals surface area contributed by atoms with E-state index in [2.05, 4.69) is 0 Å². The van der Waals surface area contributed by atoms with Gasteiger partial charge in [-0.1, -0.05) is 12.8 Å². The summed E-state index contributed by atoms with van der Waals surface area (Å²) < 4.78 is 17.9. The molecule has 0 bridgehead atoms. The summed E-state index contributed by atoms with van der Waals surface area (Å²) in [7, 11) is 0. The highest BCUT2D eigenvalue weighted by atomic mass is 19.1. The van der Waals surface area contributed by atoms with Gasteiger partial charge in [0, 0.05) is 5.69 Å². The zero-order valence-electron chi connectivity index (χ0n) is 8.91. The maximum absolute atomic E-state index is 12.9. The van der Waals surface area contributed by atoms with E-state index in [9.17, 15) is 9.18 Å². The Bertz CT molecular complexity index is 402. The van der Waals surface area contributed by atoms with E-state index in [1.54, 1.807) is 0 Å². The van der Waals surface area contributed by atoms with Gasteiger partial charge in [-0.25, -0.2) is 9.18 Å². The zero-order chi connectivity index (χ0) is 11.5. The molecule has 1 aliphatic rings. The number of hydrogen-bond donors (Lipinski definition) is 1. The summed E-state index contributed by atoms with van der Waals surface area (Å²) >= 11 is 0. The third-order valence-electron chi connectivity index (χ3n) is 2.69. The van der Waals surface area contributed by atoms with Crippen molar-refractivity contribution in [3.05, 3.63) is 29.6 Å². The molecule has 16 heavy (non-hydrogen) atoms. The van der Waals surface area contributed by atoms with Crippen LogP contribution >= 0.6 is 0 Å². The number of carbonyl (C=O) groups excluding carboxylic acids is 1. The maximum Gasteiger partial charge on any atom is 0.340 e. The smallest absolute Gasteiger partial charge is 0.340 e. The van der Waals surface area contributed by atoms with Gasteiger partial charge >= 0.3 is 5.97 Å². The van der Waals surface area contributed by atoms with E-state index >= 15 is 0 Å². The fourth-order valence-electron chi connectivity index (χ4n) is 1.51. The Morgan fingerprint density at radius 3 is 2.94 bits per heavy atom. The van der Waals surface area contributed by atoms with Gasteiger partial charge < -0.3 is 10.5 Å². The molecule has 2 N–H and O–H groups in total. The summed E-state index contributed by atoms with van der Waals surface area (Å²) in [5.74, 6) is -0.321. The second-order valence-electron chi connectivity index (χ2n) is 4.10. The molecule has 0 unspecified atom stereocenters. The van der Waals surface area contributed by atoms with E-state index in [0.717, 1.165) is 12.5 Å². The molecule has 1 saturated carbocycles. The number of hydrogen-bond acceptors (Lipinski definition) is 3. The lowest BCUT2D eigenvalue weighted by molar-refractivity contribution is 0.0495. The Morgan fingerprint density at radius 2 is 2.25 bits per heavy atom. The molecule has 0 atom stereocenters. The largest absolute Gasteiger partial charge is 0.462 e. The van der Waals surface area contributed by atoms with Gasteiger partial charge in [-0.05, 0) is 30.5 Å². The first-order valence-electron chi connectivity index (χ1n) is 5.39. The molecular formula is C12H14FNO2. The summed E-state index contributed by atoms with van der Waals surface area (Å²) in [5, 5.41) is 0. The number of anilines is 1. The molecule has 0 heterocycles. The predicted molar refractivity (Wildman–Crippen MR) is 58.4 cm³/mol. The Kier molecular flexibility index (Phi) is 3.08. The zero-order valence-corrected chi connectivity index (χ0v) is 8.91. The highest BCUT2D eigenvalue weighted by molar-refractivity contribution is 5.95. The fourth-order valence-corrected chi connectivity index (χ4v) is 1.51. The number of nitrogen functional groups attached to an aromatic ring is 1. The summed E-state index contributed by atoms with van der Waals surface area (Å²) in [6.07, 6.45) is 3.33. The molecule has 1 fully saturated rings. The Morgan fingerprint density at radius 1 is 1.50 bits per heavy atom. The van der Waals surface area contributed by atoms with E-state index in [1.807, 2.05) is 0 Å². The molecule has 86 valence electrons. The molecule has 0 aliphatic heterocycles. The van der Waals surface area contributed by atoms with Crippen molar-refractivity contribution >= 4 is 11.7 Å². The maximum atomic E-state index is 12.9. The van der Waals surface area contributed by atoms with Crippen molar-refractivity contribution in [1.82, 2.24) is 0 Å². The van der Waals surface area contributed by atoms with Crippen LogP contribution in [0, 0.1) is 11.7 Å². The molecular weight excluding hydrogens is 209 g/mol. The highest BCUT2D eigenvalue weighted by Crippen LogP contribution is 2.32. The van der Waals surface area contributed by atoms with Gasteiger partial charge in [0.15, 0.2) is 0 Å². The van der Waals surface area contributed by atoms with Crippen molar-refractivity contribution in [3.8, 4) is 0 Å². The summed E-state index contributed by atoms with van der Waals surface area (Å²) in [6.45, 7) is 0.388. The number of carbonyl (C=O) groups is 1. The number of esters is 1. The number of halogens is 1.